The van der Waals surface area contributed by atoms with Crippen molar-refractivity contribution in [1.82, 2.24) is 14.6 Å². The summed E-state index contributed by atoms with van der Waals surface area (Å²) in [5, 5.41) is 7.74. The number of allylic oxidation sites excluding steroid dienone is 1. The molecule has 2 aromatic heterocycles. The van der Waals surface area contributed by atoms with E-state index in [1.807, 2.05) is 49.4 Å². The van der Waals surface area contributed by atoms with Crippen LogP contribution in [0, 0.1) is 0 Å². The summed E-state index contributed by atoms with van der Waals surface area (Å²) < 4.78 is 12.7. The van der Waals surface area contributed by atoms with E-state index in [-0.39, 0.29) is 11.9 Å². The van der Waals surface area contributed by atoms with Crippen LogP contribution in [0.1, 0.15) is 20.3 Å². The normalized spacial score (nSPS) is 16.0. The number of methoxy groups -OCH3 is 1. The van der Waals surface area contributed by atoms with E-state index in [0.29, 0.717) is 28.2 Å². The van der Waals surface area contributed by atoms with Gasteiger partial charge in [-0.2, -0.15) is 4.98 Å². The zero-order chi connectivity index (χ0) is 20.4. The second kappa shape index (κ2) is 8.16. The molecular weight excluding hydrogens is 388 g/mol. The number of anilines is 1. The van der Waals surface area contributed by atoms with E-state index in [1.165, 1.54) is 0 Å². The van der Waals surface area contributed by atoms with Crippen LogP contribution in [0.5, 0.6) is 11.5 Å². The molecule has 1 N–H and O–H groups in total. The highest BCUT2D eigenvalue weighted by atomic mass is 32.2. The van der Waals surface area contributed by atoms with Crippen LogP contribution in [0.2, 0.25) is 0 Å². The van der Waals surface area contributed by atoms with E-state index >= 15 is 0 Å². The van der Waals surface area contributed by atoms with Gasteiger partial charge in [-0.15, -0.1) is 16.9 Å². The Hall–Kier alpha value is -3.00. The van der Waals surface area contributed by atoms with Crippen LogP contribution in [-0.4, -0.2) is 39.5 Å². The second-order valence-corrected chi connectivity index (χ2v) is 8.09. The fourth-order valence-electron chi connectivity index (χ4n) is 3.18. The average Bonchev–Trinajstić information content (AvgIpc) is 3.34. The molecule has 1 aromatic carbocycles. The van der Waals surface area contributed by atoms with Crippen molar-refractivity contribution < 1.29 is 14.3 Å². The molecule has 29 heavy (non-hydrogen) atoms. The van der Waals surface area contributed by atoms with Crippen molar-refractivity contribution in [2.24, 2.45) is 0 Å². The van der Waals surface area contributed by atoms with Gasteiger partial charge in [0.2, 0.25) is 5.95 Å². The lowest BCUT2D eigenvalue weighted by Crippen LogP contribution is -2.13. The van der Waals surface area contributed by atoms with E-state index in [1.54, 1.807) is 23.4 Å². The first-order valence-corrected chi connectivity index (χ1v) is 10.3. The summed E-state index contributed by atoms with van der Waals surface area (Å²) in [5.74, 6) is 1.41. The number of nitrogens with zero attached hydrogens (tertiary/aromatic N) is 3. The van der Waals surface area contributed by atoms with Gasteiger partial charge in [-0.1, -0.05) is 25.1 Å². The third kappa shape index (κ3) is 3.93. The Kier molecular flexibility index (Phi) is 5.44. The van der Waals surface area contributed by atoms with Crippen LogP contribution in [-0.2, 0) is 4.79 Å². The van der Waals surface area contributed by atoms with Gasteiger partial charge in [-0.25, -0.2) is 4.52 Å². The topological polar surface area (TPSA) is 77.8 Å². The second-order valence-electron chi connectivity index (χ2n) is 6.61. The molecule has 0 radical (unpaired) electrons. The number of fused-ring (bicyclic) bond motifs is 1. The van der Waals surface area contributed by atoms with E-state index in [0.717, 1.165) is 23.4 Å². The van der Waals surface area contributed by atoms with Gasteiger partial charge in [-0.05, 0) is 37.6 Å². The molecule has 1 unspecified atom stereocenters. The number of hydrogen-bond donors (Lipinski definition) is 1. The minimum atomic E-state index is -0.186. The van der Waals surface area contributed by atoms with Crippen LogP contribution in [0.4, 0.5) is 5.95 Å². The van der Waals surface area contributed by atoms with Gasteiger partial charge in [0.25, 0.3) is 5.91 Å². The van der Waals surface area contributed by atoms with Crippen LogP contribution in [0.3, 0.4) is 0 Å². The lowest BCUT2D eigenvalue weighted by molar-refractivity contribution is -0.112. The van der Waals surface area contributed by atoms with Gasteiger partial charge in [0, 0.05) is 10.8 Å². The monoisotopic (exact) mass is 410 g/mol. The predicted octanol–water partition coefficient (Wildman–Crippen LogP) is 4.15. The number of benzene rings is 1. The molecule has 4 rings (SSSR count). The molecule has 0 aliphatic carbocycles. The quantitative estimate of drug-likeness (QED) is 0.658. The van der Waals surface area contributed by atoms with Crippen molar-refractivity contribution in [2.45, 2.75) is 25.5 Å². The van der Waals surface area contributed by atoms with Gasteiger partial charge in [0.05, 0.1) is 24.3 Å². The number of nitrogens with one attached hydrogen (secondary N) is 1. The van der Waals surface area contributed by atoms with E-state index in [9.17, 15) is 4.79 Å². The molecule has 0 saturated heterocycles. The van der Waals surface area contributed by atoms with Crippen LogP contribution in [0.25, 0.3) is 16.9 Å². The highest BCUT2D eigenvalue weighted by Gasteiger charge is 2.21. The summed E-state index contributed by atoms with van der Waals surface area (Å²) in [4.78, 5) is 17.7. The van der Waals surface area contributed by atoms with Gasteiger partial charge in [-0.3, -0.25) is 10.1 Å². The summed E-state index contributed by atoms with van der Waals surface area (Å²) in [5.41, 5.74) is 2.27. The summed E-state index contributed by atoms with van der Waals surface area (Å²) in [7, 11) is 1.58. The van der Waals surface area contributed by atoms with Gasteiger partial charge in [0.1, 0.15) is 5.75 Å². The maximum Gasteiger partial charge on any atom is 0.264 e. The fraction of sp³-hybridized carbons (Fsp3) is 0.286. The third-order valence-electron chi connectivity index (χ3n) is 4.52. The van der Waals surface area contributed by atoms with Gasteiger partial charge >= 0.3 is 0 Å². The Morgan fingerprint density at radius 3 is 2.93 bits per heavy atom. The SMILES string of the molecule is CCOc1cccc(-c2ccc(OC)c3nc(NC(=O)C4=CCC(C)S4)nn23)c1. The highest BCUT2D eigenvalue weighted by molar-refractivity contribution is 8.04. The molecule has 7 nitrogen and oxygen atoms in total. The van der Waals surface area contributed by atoms with Crippen molar-refractivity contribution in [1.29, 1.82) is 0 Å². The number of amides is 1. The van der Waals surface area contributed by atoms with E-state index in [4.69, 9.17) is 9.47 Å². The molecule has 0 spiro atoms. The minimum absolute atomic E-state index is 0.186. The number of thioether (sulfide) groups is 1. The molecule has 0 fully saturated rings. The smallest absolute Gasteiger partial charge is 0.264 e. The zero-order valence-corrected chi connectivity index (χ0v) is 17.3. The minimum Gasteiger partial charge on any atom is -0.494 e. The molecule has 1 atom stereocenters. The van der Waals surface area contributed by atoms with Crippen molar-refractivity contribution in [3.8, 4) is 22.8 Å². The molecule has 0 saturated carbocycles. The van der Waals surface area contributed by atoms with Gasteiger partial charge < -0.3 is 9.47 Å². The molecular formula is C21H22N4O3S. The first-order chi connectivity index (χ1) is 14.1. The van der Waals surface area contributed by atoms with E-state index < -0.39 is 0 Å². The maximum atomic E-state index is 12.5. The van der Waals surface area contributed by atoms with Crippen molar-refractivity contribution in [3.05, 3.63) is 47.4 Å². The van der Waals surface area contributed by atoms with Crippen molar-refractivity contribution >= 4 is 29.3 Å². The Morgan fingerprint density at radius 2 is 2.21 bits per heavy atom. The number of pyridine rings is 1. The molecule has 3 heterocycles. The summed E-state index contributed by atoms with van der Waals surface area (Å²) in [6.07, 6.45) is 2.84. The molecule has 1 aliphatic heterocycles. The Morgan fingerprint density at radius 1 is 1.34 bits per heavy atom. The first kappa shape index (κ1) is 19.3. The van der Waals surface area contributed by atoms with Crippen LogP contribution >= 0.6 is 11.8 Å². The lowest BCUT2D eigenvalue weighted by atomic mass is 10.1. The standard InChI is InChI=1S/C21H22N4O3S/c1-4-28-15-7-5-6-14(12-15)16-9-10-17(27-3)19-22-21(24-25(16)19)23-20(26)18-11-8-13(2)29-18/h5-7,9-13H,4,8H2,1-3H3,(H,23,24,26). The van der Waals surface area contributed by atoms with Crippen molar-refractivity contribution in [2.75, 3.05) is 19.0 Å². The van der Waals surface area contributed by atoms with Gasteiger partial charge in [0.15, 0.2) is 11.4 Å². The van der Waals surface area contributed by atoms with Crippen LogP contribution in [0.15, 0.2) is 47.4 Å². The molecule has 8 heteroatoms. The van der Waals surface area contributed by atoms with E-state index in [2.05, 4.69) is 22.3 Å². The summed E-state index contributed by atoms with van der Waals surface area (Å²) >= 11 is 1.56. The number of carbonyl (C=O) groups excluding carboxylic acids is 1. The van der Waals surface area contributed by atoms with Crippen LogP contribution < -0.4 is 14.8 Å². The average molecular weight is 410 g/mol. The third-order valence-corrected chi connectivity index (χ3v) is 5.72. The molecule has 0 bridgehead atoms. The summed E-state index contributed by atoms with van der Waals surface area (Å²) in [6, 6.07) is 11.5. The Bertz CT molecular complexity index is 1090. The highest BCUT2D eigenvalue weighted by Crippen LogP contribution is 2.33. The zero-order valence-electron chi connectivity index (χ0n) is 16.5. The maximum absolute atomic E-state index is 12.5. The first-order valence-electron chi connectivity index (χ1n) is 9.44. The Labute approximate surface area is 173 Å². The predicted molar refractivity (Wildman–Crippen MR) is 115 cm³/mol. The number of aromatic nitrogens is 3. The number of carbonyl (C=O) groups is 1. The largest absolute Gasteiger partial charge is 0.494 e. The molecule has 1 aliphatic rings. The number of rotatable bonds is 6. The molecule has 3 aromatic rings. The lowest BCUT2D eigenvalue weighted by Gasteiger charge is -2.09. The molecule has 150 valence electrons. The number of hydrogen-bond acceptors (Lipinski definition) is 6. The van der Waals surface area contributed by atoms with Crippen molar-refractivity contribution in [3.63, 3.8) is 0 Å². The Balaban J connectivity index is 1.72. The summed E-state index contributed by atoms with van der Waals surface area (Å²) in [6.45, 7) is 4.63. The fourth-order valence-corrected chi connectivity index (χ4v) is 4.15. The molecule has 1 amide bonds. The number of ether oxygens (including phenoxy) is 2.